The van der Waals surface area contributed by atoms with Crippen molar-refractivity contribution in [2.75, 3.05) is 0 Å². The van der Waals surface area contributed by atoms with E-state index in [1.165, 1.54) is 45.9 Å². The van der Waals surface area contributed by atoms with Crippen LogP contribution in [0, 0.1) is 0 Å². The Labute approximate surface area is 116 Å². The summed E-state index contributed by atoms with van der Waals surface area (Å²) < 4.78 is 6.65. The lowest BCUT2D eigenvalue weighted by atomic mass is 9.96. The van der Waals surface area contributed by atoms with Gasteiger partial charge in [-0.2, -0.15) is 0 Å². The molecule has 1 heterocycles. The van der Waals surface area contributed by atoms with Crippen molar-refractivity contribution in [1.29, 1.82) is 0 Å². The molecule has 1 aliphatic heterocycles. The first-order chi connectivity index (χ1) is 8.93. The maximum Gasteiger partial charge on any atom is 0.0336 e. The van der Waals surface area contributed by atoms with Crippen LogP contribution in [0.15, 0.2) is 39.6 Å². The highest BCUT2D eigenvalue weighted by Crippen LogP contribution is 2.35. The SMILES string of the molecule is C1=NI=CC(c2ccc3c4c(cccc24)CC3)=C1. The maximum absolute atomic E-state index is 4.33. The lowest BCUT2D eigenvalue weighted by Gasteiger charge is -2.10. The highest BCUT2D eigenvalue weighted by Gasteiger charge is 2.16. The number of nitrogens with zero attached hydrogens (tertiary/aromatic N) is 1. The largest absolute Gasteiger partial charge is 0.230 e. The lowest BCUT2D eigenvalue weighted by Crippen LogP contribution is -1.91. The van der Waals surface area contributed by atoms with Gasteiger partial charge in [0.25, 0.3) is 0 Å². The first-order valence-electron chi connectivity index (χ1n) is 6.17. The molecular weight excluding hydrogens is 333 g/mol. The Bertz CT molecular complexity index is 728. The van der Waals surface area contributed by atoms with Crippen LogP contribution in [0.25, 0.3) is 16.3 Å². The Morgan fingerprint density at radius 3 is 2.72 bits per heavy atom. The van der Waals surface area contributed by atoms with E-state index >= 15 is 0 Å². The second-order valence-corrected chi connectivity index (χ2v) is 6.42. The molecule has 1 nitrogen and oxygen atoms in total. The average molecular weight is 345 g/mol. The highest BCUT2D eigenvalue weighted by molar-refractivity contribution is 14.2. The lowest BCUT2D eigenvalue weighted by molar-refractivity contribution is 1.02. The smallest absolute Gasteiger partial charge is 0.0336 e. The first-order valence-corrected chi connectivity index (χ1v) is 8.38. The summed E-state index contributed by atoms with van der Waals surface area (Å²) in [6.45, 7) is 0. The molecule has 2 aromatic carbocycles. The minimum absolute atomic E-state index is 0.132. The number of halogens is 1. The molecule has 2 aromatic rings. The predicted molar refractivity (Wildman–Crippen MR) is 87.9 cm³/mol. The molecule has 0 unspecified atom stereocenters. The van der Waals surface area contributed by atoms with E-state index in [4.69, 9.17) is 0 Å². The second-order valence-electron chi connectivity index (χ2n) is 4.69. The molecule has 0 atom stereocenters. The standard InChI is InChI=1S/C16H12IN/c1-2-11-4-5-12-6-7-14(15(3-1)16(11)12)13-8-9-18-17-10-13/h1-3,6-10H,4-5H2. The van der Waals surface area contributed by atoms with Crippen molar-refractivity contribution in [3.05, 3.63) is 53.1 Å². The van der Waals surface area contributed by atoms with Gasteiger partial charge in [-0.1, -0.05) is 30.3 Å². The fourth-order valence-electron chi connectivity index (χ4n) is 2.91. The second kappa shape index (κ2) is 4.12. The van der Waals surface area contributed by atoms with Gasteiger partial charge in [0, 0.05) is 27.2 Å². The summed E-state index contributed by atoms with van der Waals surface area (Å²) in [4.78, 5) is 0. The van der Waals surface area contributed by atoms with Gasteiger partial charge in [0.1, 0.15) is 0 Å². The van der Waals surface area contributed by atoms with Gasteiger partial charge < -0.3 is 0 Å². The van der Waals surface area contributed by atoms with E-state index in [1.807, 2.05) is 6.21 Å². The molecule has 0 bridgehead atoms. The van der Waals surface area contributed by atoms with Crippen molar-refractivity contribution >= 4 is 47.6 Å². The van der Waals surface area contributed by atoms with Gasteiger partial charge in [0.15, 0.2) is 0 Å². The number of benzene rings is 2. The summed E-state index contributed by atoms with van der Waals surface area (Å²) >= 11 is -0.132. The van der Waals surface area contributed by atoms with E-state index in [9.17, 15) is 0 Å². The van der Waals surface area contributed by atoms with Gasteiger partial charge in [0.2, 0.25) is 0 Å². The minimum Gasteiger partial charge on any atom is -0.230 e. The minimum atomic E-state index is -0.132. The summed E-state index contributed by atoms with van der Waals surface area (Å²) in [5.41, 5.74) is 5.77. The Morgan fingerprint density at radius 2 is 1.89 bits per heavy atom. The Kier molecular flexibility index (Phi) is 2.43. The number of hydrogen-bond acceptors (Lipinski definition) is 1. The van der Waals surface area contributed by atoms with Crippen molar-refractivity contribution in [2.45, 2.75) is 12.8 Å². The van der Waals surface area contributed by atoms with E-state index < -0.39 is 0 Å². The third-order valence-corrected chi connectivity index (χ3v) is 5.31. The van der Waals surface area contributed by atoms with Crippen molar-refractivity contribution in [3.63, 3.8) is 0 Å². The summed E-state index contributed by atoms with van der Waals surface area (Å²) in [7, 11) is 0. The molecule has 88 valence electrons. The van der Waals surface area contributed by atoms with Crippen molar-refractivity contribution in [3.8, 4) is 0 Å². The Balaban J connectivity index is 2.06. The van der Waals surface area contributed by atoms with Gasteiger partial charge in [0.05, 0.1) is 0 Å². The summed E-state index contributed by atoms with van der Waals surface area (Å²) in [6.07, 6.45) is 6.51. The fraction of sp³-hybridized carbons (Fsp3) is 0.125. The molecule has 2 heteroatoms. The third-order valence-electron chi connectivity index (χ3n) is 3.72. The van der Waals surface area contributed by atoms with Crippen LogP contribution in [0.4, 0.5) is 0 Å². The van der Waals surface area contributed by atoms with Crippen molar-refractivity contribution in [2.24, 2.45) is 3.21 Å². The van der Waals surface area contributed by atoms with Crippen LogP contribution in [-0.2, 0) is 12.8 Å². The summed E-state index contributed by atoms with van der Waals surface area (Å²) in [5.74, 6) is 0. The molecule has 4 rings (SSSR count). The monoisotopic (exact) mass is 345 g/mol. The zero-order chi connectivity index (χ0) is 11.9. The molecule has 0 spiro atoms. The van der Waals surface area contributed by atoms with Crippen LogP contribution in [0.2, 0.25) is 0 Å². The van der Waals surface area contributed by atoms with E-state index in [0.717, 1.165) is 0 Å². The molecule has 0 fully saturated rings. The predicted octanol–water partition coefficient (Wildman–Crippen LogP) is 4.09. The highest BCUT2D eigenvalue weighted by atomic mass is 127. The molecule has 0 saturated heterocycles. The number of allylic oxidation sites excluding steroid dienone is 2. The van der Waals surface area contributed by atoms with Crippen LogP contribution in [-0.4, -0.2) is 10.2 Å². The van der Waals surface area contributed by atoms with E-state index in [0.29, 0.717) is 0 Å². The van der Waals surface area contributed by atoms with E-state index in [1.54, 1.807) is 0 Å². The molecule has 0 aromatic heterocycles. The third kappa shape index (κ3) is 1.52. The molecule has 18 heavy (non-hydrogen) atoms. The van der Waals surface area contributed by atoms with Crippen LogP contribution in [0.3, 0.4) is 0 Å². The average Bonchev–Trinajstić information content (AvgIpc) is 2.86. The van der Waals surface area contributed by atoms with E-state index in [-0.39, 0.29) is 21.0 Å². The topological polar surface area (TPSA) is 12.4 Å². The normalized spacial score (nSPS) is 16.8. The molecule has 0 saturated carbocycles. The van der Waals surface area contributed by atoms with Crippen LogP contribution in [0.1, 0.15) is 16.7 Å². The number of hydrogen-bond donors (Lipinski definition) is 0. The van der Waals surface area contributed by atoms with Crippen LogP contribution in [0.5, 0.6) is 0 Å². The van der Waals surface area contributed by atoms with Crippen molar-refractivity contribution < 1.29 is 0 Å². The quantitative estimate of drug-likeness (QED) is 0.691. The molecule has 2 aliphatic rings. The number of rotatable bonds is 1. The van der Waals surface area contributed by atoms with Crippen LogP contribution < -0.4 is 0 Å². The number of aryl methyl sites for hydroxylation is 2. The van der Waals surface area contributed by atoms with Gasteiger partial charge in [-0.25, -0.2) is 3.21 Å². The molecule has 0 amide bonds. The molecular formula is C16H12IN. The maximum atomic E-state index is 4.33. The van der Waals surface area contributed by atoms with Gasteiger partial charge >= 0.3 is 0 Å². The molecule has 0 N–H and O–H groups in total. The Morgan fingerprint density at radius 1 is 1.00 bits per heavy atom. The zero-order valence-corrected chi connectivity index (χ0v) is 12.0. The van der Waals surface area contributed by atoms with E-state index in [2.05, 4.69) is 43.6 Å². The summed E-state index contributed by atoms with van der Waals surface area (Å²) in [6, 6.07) is 11.3. The summed E-state index contributed by atoms with van der Waals surface area (Å²) in [5, 5.41) is 2.93. The molecule has 1 aliphatic carbocycles. The van der Waals surface area contributed by atoms with Crippen molar-refractivity contribution in [1.82, 2.24) is 0 Å². The first kappa shape index (κ1) is 10.6. The van der Waals surface area contributed by atoms with Gasteiger partial charge in [-0.15, -0.1) is 0 Å². The fourth-order valence-corrected chi connectivity index (χ4v) is 4.26. The van der Waals surface area contributed by atoms with Crippen LogP contribution >= 0.6 is 21.0 Å². The van der Waals surface area contributed by atoms with Gasteiger partial charge in [-0.05, 0) is 56.0 Å². The zero-order valence-electron chi connectivity index (χ0n) is 9.86. The molecule has 0 radical (unpaired) electrons. The van der Waals surface area contributed by atoms with Gasteiger partial charge in [-0.3, -0.25) is 0 Å². The Hall–Kier alpha value is -1.29.